The number of carbonyl (C=O) groups excluding carboxylic acids is 3. The molecule has 2 aromatic rings. The summed E-state index contributed by atoms with van der Waals surface area (Å²) >= 11 is 1.21. The van der Waals surface area contributed by atoms with Crippen LogP contribution in [0.5, 0.6) is 5.75 Å². The van der Waals surface area contributed by atoms with Gasteiger partial charge >= 0.3 is 12.0 Å². The smallest absolute Gasteiger partial charge is 0.350 e. The fourth-order valence-electron chi connectivity index (χ4n) is 3.20. The molecule has 1 aromatic carbocycles. The van der Waals surface area contributed by atoms with Crippen LogP contribution < -0.4 is 10.1 Å². The number of thiophene rings is 1. The molecular formula is C21H25N3O5S. The van der Waals surface area contributed by atoms with Gasteiger partial charge < -0.3 is 24.6 Å². The molecule has 1 aliphatic heterocycles. The first-order chi connectivity index (χ1) is 14.3. The lowest BCUT2D eigenvalue weighted by atomic mass is 10.0. The molecule has 1 aliphatic rings. The molecule has 0 spiro atoms. The lowest BCUT2D eigenvalue weighted by Gasteiger charge is -2.25. The van der Waals surface area contributed by atoms with Crippen molar-refractivity contribution in [3.8, 4) is 5.75 Å². The van der Waals surface area contributed by atoms with Crippen LogP contribution in [0.1, 0.15) is 40.7 Å². The second-order valence-electron chi connectivity index (χ2n) is 7.03. The van der Waals surface area contributed by atoms with Gasteiger partial charge in [-0.3, -0.25) is 4.79 Å². The van der Waals surface area contributed by atoms with Crippen LogP contribution >= 0.6 is 11.3 Å². The number of benzene rings is 1. The molecule has 0 aliphatic carbocycles. The Hall–Kier alpha value is -3.07. The molecule has 3 amide bonds. The Kier molecular flexibility index (Phi) is 6.61. The van der Waals surface area contributed by atoms with E-state index in [2.05, 4.69) is 5.32 Å². The standard InChI is InChI=1S/C21H25N3O5S/c1-13(23(3)14(2)25)15-5-6-18-16(11-15)12-24(8-9-29-18)21(27)22-17-7-10-30-19(17)20(26)28-4/h5-7,10-11,13H,8-9,12H2,1-4H3,(H,22,27)/t13-/m0/s1. The zero-order valence-electron chi connectivity index (χ0n) is 17.4. The fourth-order valence-corrected chi connectivity index (χ4v) is 3.96. The van der Waals surface area contributed by atoms with E-state index in [1.807, 2.05) is 25.1 Å². The Morgan fingerprint density at radius 3 is 2.77 bits per heavy atom. The molecule has 160 valence electrons. The van der Waals surface area contributed by atoms with Crippen molar-refractivity contribution >= 4 is 34.9 Å². The van der Waals surface area contributed by atoms with Gasteiger partial charge in [-0.2, -0.15) is 0 Å². The van der Waals surface area contributed by atoms with Crippen molar-refractivity contribution < 1.29 is 23.9 Å². The molecule has 9 heteroatoms. The molecule has 1 atom stereocenters. The van der Waals surface area contributed by atoms with Crippen molar-refractivity contribution in [2.24, 2.45) is 0 Å². The van der Waals surface area contributed by atoms with Crippen LogP contribution in [0.4, 0.5) is 10.5 Å². The van der Waals surface area contributed by atoms with Gasteiger partial charge in [-0.1, -0.05) is 6.07 Å². The molecular weight excluding hydrogens is 406 g/mol. The topological polar surface area (TPSA) is 88.2 Å². The summed E-state index contributed by atoms with van der Waals surface area (Å²) in [6.45, 7) is 4.59. The van der Waals surface area contributed by atoms with Gasteiger partial charge in [0, 0.05) is 19.5 Å². The minimum Gasteiger partial charge on any atom is -0.491 e. The molecule has 0 saturated carbocycles. The minimum atomic E-state index is -0.488. The summed E-state index contributed by atoms with van der Waals surface area (Å²) in [6.07, 6.45) is 0. The summed E-state index contributed by atoms with van der Waals surface area (Å²) in [7, 11) is 3.06. The first-order valence-electron chi connectivity index (χ1n) is 9.52. The molecule has 0 bridgehead atoms. The highest BCUT2D eigenvalue weighted by Gasteiger charge is 2.24. The maximum absolute atomic E-state index is 12.9. The van der Waals surface area contributed by atoms with E-state index in [0.717, 1.165) is 16.9 Å². The first kappa shape index (κ1) is 21.6. The van der Waals surface area contributed by atoms with E-state index in [1.54, 1.807) is 28.3 Å². The molecule has 0 fully saturated rings. The first-order valence-corrected chi connectivity index (χ1v) is 10.4. The Labute approximate surface area is 179 Å². The van der Waals surface area contributed by atoms with Crippen LogP contribution in [-0.2, 0) is 16.1 Å². The number of rotatable bonds is 4. The number of ether oxygens (including phenoxy) is 2. The molecule has 1 aromatic heterocycles. The van der Waals surface area contributed by atoms with E-state index < -0.39 is 5.97 Å². The maximum atomic E-state index is 12.9. The quantitative estimate of drug-likeness (QED) is 0.749. The highest BCUT2D eigenvalue weighted by atomic mass is 32.1. The number of amides is 3. The summed E-state index contributed by atoms with van der Waals surface area (Å²) < 4.78 is 10.6. The van der Waals surface area contributed by atoms with E-state index >= 15 is 0 Å². The summed E-state index contributed by atoms with van der Waals surface area (Å²) in [5, 5.41) is 4.52. The second-order valence-corrected chi connectivity index (χ2v) is 7.94. The number of esters is 1. The van der Waals surface area contributed by atoms with Crippen molar-refractivity contribution in [1.29, 1.82) is 0 Å². The van der Waals surface area contributed by atoms with Crippen molar-refractivity contribution in [3.63, 3.8) is 0 Å². The lowest BCUT2D eigenvalue weighted by molar-refractivity contribution is -0.129. The number of methoxy groups -OCH3 is 1. The van der Waals surface area contributed by atoms with Crippen molar-refractivity contribution in [2.45, 2.75) is 26.4 Å². The van der Waals surface area contributed by atoms with Gasteiger partial charge in [0.25, 0.3) is 0 Å². The van der Waals surface area contributed by atoms with Crippen LogP contribution in [-0.4, -0.2) is 55.0 Å². The van der Waals surface area contributed by atoms with E-state index in [0.29, 0.717) is 30.3 Å². The normalized spacial score (nSPS) is 14.1. The van der Waals surface area contributed by atoms with Crippen LogP contribution in [0.25, 0.3) is 0 Å². The van der Waals surface area contributed by atoms with E-state index in [9.17, 15) is 14.4 Å². The summed E-state index contributed by atoms with van der Waals surface area (Å²) in [5.41, 5.74) is 2.25. The van der Waals surface area contributed by atoms with E-state index in [-0.39, 0.29) is 18.0 Å². The maximum Gasteiger partial charge on any atom is 0.350 e. The van der Waals surface area contributed by atoms with Gasteiger partial charge in [0.05, 0.1) is 31.9 Å². The zero-order chi connectivity index (χ0) is 21.8. The molecule has 3 rings (SSSR count). The Bertz CT molecular complexity index is 958. The summed E-state index contributed by atoms with van der Waals surface area (Å²) in [4.78, 5) is 40.1. The SMILES string of the molecule is COC(=O)c1sccc1NC(=O)N1CCOc2ccc([C@H](C)N(C)C(C)=O)cc2C1. The van der Waals surface area contributed by atoms with Gasteiger partial charge in [0.15, 0.2) is 0 Å². The number of carbonyl (C=O) groups is 3. The zero-order valence-corrected chi connectivity index (χ0v) is 18.2. The molecule has 0 radical (unpaired) electrons. The van der Waals surface area contributed by atoms with Crippen LogP contribution in [0.2, 0.25) is 0 Å². The van der Waals surface area contributed by atoms with E-state index in [1.165, 1.54) is 25.4 Å². The third kappa shape index (κ3) is 4.56. The lowest BCUT2D eigenvalue weighted by Crippen LogP contribution is -2.36. The number of urea groups is 1. The fraction of sp³-hybridized carbons (Fsp3) is 0.381. The van der Waals surface area contributed by atoms with Gasteiger partial charge in [-0.15, -0.1) is 11.3 Å². The Balaban J connectivity index is 1.78. The van der Waals surface area contributed by atoms with Crippen LogP contribution in [0.3, 0.4) is 0 Å². The number of nitrogens with one attached hydrogen (secondary N) is 1. The molecule has 8 nitrogen and oxygen atoms in total. The molecule has 1 N–H and O–H groups in total. The van der Waals surface area contributed by atoms with Crippen molar-refractivity contribution in [1.82, 2.24) is 9.80 Å². The predicted octanol–water partition coefficient (Wildman–Crippen LogP) is 3.50. The van der Waals surface area contributed by atoms with Crippen molar-refractivity contribution in [3.05, 3.63) is 45.6 Å². The van der Waals surface area contributed by atoms with Gasteiger partial charge in [0.1, 0.15) is 17.2 Å². The monoisotopic (exact) mass is 431 g/mol. The Morgan fingerprint density at radius 2 is 2.07 bits per heavy atom. The highest BCUT2D eigenvalue weighted by molar-refractivity contribution is 7.12. The average Bonchev–Trinajstić information content (AvgIpc) is 3.08. The summed E-state index contributed by atoms with van der Waals surface area (Å²) in [6, 6.07) is 7.03. The molecule has 30 heavy (non-hydrogen) atoms. The average molecular weight is 432 g/mol. The van der Waals surface area contributed by atoms with Crippen LogP contribution in [0, 0.1) is 0 Å². The molecule has 0 unspecified atom stereocenters. The third-order valence-corrected chi connectivity index (χ3v) is 6.08. The number of hydrogen-bond acceptors (Lipinski definition) is 6. The van der Waals surface area contributed by atoms with Crippen molar-refractivity contribution in [2.75, 3.05) is 32.6 Å². The van der Waals surface area contributed by atoms with E-state index in [4.69, 9.17) is 9.47 Å². The minimum absolute atomic E-state index is 0.0214. The number of nitrogens with zero attached hydrogens (tertiary/aromatic N) is 2. The summed E-state index contributed by atoms with van der Waals surface area (Å²) in [5.74, 6) is 0.211. The van der Waals surface area contributed by atoms with Gasteiger partial charge in [-0.25, -0.2) is 9.59 Å². The van der Waals surface area contributed by atoms with Crippen LogP contribution in [0.15, 0.2) is 29.6 Å². The number of anilines is 1. The van der Waals surface area contributed by atoms with Gasteiger partial charge in [-0.05, 0) is 36.1 Å². The highest BCUT2D eigenvalue weighted by Crippen LogP contribution is 2.29. The van der Waals surface area contributed by atoms with Gasteiger partial charge in [0.2, 0.25) is 5.91 Å². The Morgan fingerprint density at radius 1 is 1.30 bits per heavy atom. The second kappa shape index (κ2) is 9.17. The number of fused-ring (bicyclic) bond motifs is 1. The largest absolute Gasteiger partial charge is 0.491 e. The molecule has 2 heterocycles. The molecule has 0 saturated heterocycles. The number of hydrogen-bond donors (Lipinski definition) is 1. The predicted molar refractivity (Wildman–Crippen MR) is 114 cm³/mol. The third-order valence-electron chi connectivity index (χ3n) is 5.19.